The lowest BCUT2D eigenvalue weighted by Crippen LogP contribution is -2.09. The molecule has 1 N–H and O–H groups in total. The molecule has 0 saturated carbocycles. The first-order chi connectivity index (χ1) is 17.4. The summed E-state index contributed by atoms with van der Waals surface area (Å²) in [6.07, 6.45) is 3.32. The molecule has 0 unspecified atom stereocenters. The Hall–Kier alpha value is -4.09. The predicted octanol–water partition coefficient (Wildman–Crippen LogP) is 8.05. The van der Waals surface area contributed by atoms with Crippen LogP contribution in [0, 0.1) is 6.92 Å². The lowest BCUT2D eigenvalue weighted by Gasteiger charge is -2.12. The molecule has 180 valence electrons. The molecule has 0 fully saturated rings. The van der Waals surface area contributed by atoms with Gasteiger partial charge < -0.3 is 14.5 Å². The fourth-order valence-electron chi connectivity index (χ4n) is 4.30. The Bertz CT molecular complexity index is 1620. The van der Waals surface area contributed by atoms with Gasteiger partial charge in [-0.05, 0) is 74.4 Å². The van der Waals surface area contributed by atoms with Crippen molar-refractivity contribution in [2.24, 2.45) is 0 Å². The summed E-state index contributed by atoms with van der Waals surface area (Å²) in [6.45, 7) is 6.27. The number of amides is 1. The lowest BCUT2D eigenvalue weighted by molar-refractivity contribution is -0.111. The Balaban J connectivity index is 1.51. The SMILES string of the molecule is CCOc1cc2occ(-c3ccc(Cl)cc3)c2cc1/C(C)=C/C(=O)Nc1cccc2nc(C)ccc12. The molecule has 0 bridgehead atoms. The molecule has 0 saturated heterocycles. The minimum absolute atomic E-state index is 0.228. The fraction of sp³-hybridized carbons (Fsp3) is 0.133. The summed E-state index contributed by atoms with van der Waals surface area (Å²) in [5, 5.41) is 5.50. The number of hydrogen-bond donors (Lipinski definition) is 1. The van der Waals surface area contributed by atoms with Crippen molar-refractivity contribution < 1.29 is 13.9 Å². The number of rotatable bonds is 6. The van der Waals surface area contributed by atoms with Crippen molar-refractivity contribution in [1.82, 2.24) is 4.98 Å². The fourth-order valence-corrected chi connectivity index (χ4v) is 4.43. The molecule has 36 heavy (non-hydrogen) atoms. The van der Waals surface area contributed by atoms with Crippen LogP contribution in [0.5, 0.6) is 5.75 Å². The number of ether oxygens (including phenoxy) is 1. The zero-order valence-corrected chi connectivity index (χ0v) is 21.0. The van der Waals surface area contributed by atoms with Gasteiger partial charge in [-0.1, -0.05) is 29.8 Å². The zero-order chi connectivity index (χ0) is 25.2. The van der Waals surface area contributed by atoms with E-state index in [1.54, 1.807) is 12.3 Å². The molecular formula is C30H25ClN2O3. The summed E-state index contributed by atoms with van der Waals surface area (Å²) in [6, 6.07) is 21.1. The van der Waals surface area contributed by atoms with Crippen molar-refractivity contribution in [3.05, 3.63) is 95.3 Å². The van der Waals surface area contributed by atoms with Crippen LogP contribution in [-0.4, -0.2) is 17.5 Å². The molecule has 3 aromatic carbocycles. The van der Waals surface area contributed by atoms with Crippen molar-refractivity contribution >= 4 is 50.6 Å². The second kappa shape index (κ2) is 9.88. The van der Waals surface area contributed by atoms with Gasteiger partial charge in [0.05, 0.1) is 24.1 Å². The Morgan fingerprint density at radius 1 is 1.08 bits per heavy atom. The third kappa shape index (κ3) is 4.70. The number of halogens is 1. The molecule has 0 spiro atoms. The minimum Gasteiger partial charge on any atom is -0.493 e. The van der Waals surface area contributed by atoms with Crippen LogP contribution >= 0.6 is 11.6 Å². The Labute approximate surface area is 214 Å². The topological polar surface area (TPSA) is 64.4 Å². The summed E-state index contributed by atoms with van der Waals surface area (Å²) in [5.41, 5.74) is 6.73. The number of carbonyl (C=O) groups excluding carboxylic acids is 1. The number of fused-ring (bicyclic) bond motifs is 2. The maximum atomic E-state index is 13.0. The lowest BCUT2D eigenvalue weighted by atomic mass is 9.99. The maximum Gasteiger partial charge on any atom is 0.248 e. The highest BCUT2D eigenvalue weighted by Crippen LogP contribution is 2.38. The van der Waals surface area contributed by atoms with E-state index in [1.807, 2.05) is 87.5 Å². The van der Waals surface area contributed by atoms with Gasteiger partial charge in [-0.25, -0.2) is 0 Å². The first kappa shape index (κ1) is 23.6. The molecule has 5 aromatic rings. The van der Waals surface area contributed by atoms with Gasteiger partial charge in [-0.2, -0.15) is 0 Å². The third-order valence-electron chi connectivity index (χ3n) is 6.03. The zero-order valence-electron chi connectivity index (χ0n) is 20.3. The monoisotopic (exact) mass is 496 g/mol. The number of aromatic nitrogens is 1. The van der Waals surface area contributed by atoms with Crippen LogP contribution < -0.4 is 10.1 Å². The first-order valence-electron chi connectivity index (χ1n) is 11.7. The normalized spacial score (nSPS) is 11.7. The van der Waals surface area contributed by atoms with Crippen LogP contribution in [0.1, 0.15) is 25.1 Å². The first-order valence-corrected chi connectivity index (χ1v) is 12.1. The minimum atomic E-state index is -0.228. The summed E-state index contributed by atoms with van der Waals surface area (Å²) in [4.78, 5) is 17.6. The number of carbonyl (C=O) groups is 1. The van der Waals surface area contributed by atoms with Gasteiger partial charge in [0.15, 0.2) is 0 Å². The quantitative estimate of drug-likeness (QED) is 0.241. The van der Waals surface area contributed by atoms with Gasteiger partial charge >= 0.3 is 0 Å². The number of allylic oxidation sites excluding steroid dienone is 1. The van der Waals surface area contributed by atoms with Crippen LogP contribution in [-0.2, 0) is 4.79 Å². The molecule has 0 radical (unpaired) electrons. The predicted molar refractivity (Wildman–Crippen MR) is 147 cm³/mol. The van der Waals surface area contributed by atoms with E-state index in [4.69, 9.17) is 20.8 Å². The molecule has 0 atom stereocenters. The number of nitrogens with zero attached hydrogens (tertiary/aromatic N) is 1. The summed E-state index contributed by atoms with van der Waals surface area (Å²) >= 11 is 6.07. The standard InChI is InChI=1S/C30H25ClN2O3/c1-4-35-28-16-29-24(25(17-36-29)20-9-11-21(31)12-10-20)15-23(28)18(2)14-30(34)33-27-7-5-6-26-22(27)13-8-19(3)32-26/h5-17H,4H2,1-3H3,(H,33,34)/b18-14+. The molecule has 5 nitrogen and oxygen atoms in total. The average Bonchev–Trinajstić information content (AvgIpc) is 3.27. The average molecular weight is 497 g/mol. The van der Waals surface area contributed by atoms with E-state index in [0.29, 0.717) is 23.0 Å². The van der Waals surface area contributed by atoms with E-state index < -0.39 is 0 Å². The molecule has 2 aromatic heterocycles. The van der Waals surface area contributed by atoms with Crippen molar-refractivity contribution in [3.8, 4) is 16.9 Å². The van der Waals surface area contributed by atoms with Crippen LogP contribution in [0.2, 0.25) is 5.02 Å². The molecule has 0 aliphatic heterocycles. The third-order valence-corrected chi connectivity index (χ3v) is 6.28. The van der Waals surface area contributed by atoms with E-state index in [1.165, 1.54) is 0 Å². The maximum absolute atomic E-state index is 13.0. The van der Waals surface area contributed by atoms with Crippen molar-refractivity contribution in [2.75, 3.05) is 11.9 Å². The van der Waals surface area contributed by atoms with Crippen LogP contribution in [0.4, 0.5) is 5.69 Å². The van der Waals surface area contributed by atoms with E-state index >= 15 is 0 Å². The molecular weight excluding hydrogens is 472 g/mol. The largest absolute Gasteiger partial charge is 0.493 e. The van der Waals surface area contributed by atoms with Crippen molar-refractivity contribution in [1.29, 1.82) is 0 Å². The Morgan fingerprint density at radius 3 is 2.67 bits per heavy atom. The molecule has 6 heteroatoms. The number of hydrogen-bond acceptors (Lipinski definition) is 4. The molecule has 1 amide bonds. The van der Waals surface area contributed by atoms with E-state index in [9.17, 15) is 4.79 Å². The second-order valence-electron chi connectivity index (χ2n) is 8.58. The van der Waals surface area contributed by atoms with E-state index in [-0.39, 0.29) is 5.91 Å². The molecule has 0 aliphatic carbocycles. The number of aryl methyl sites for hydroxylation is 1. The van der Waals surface area contributed by atoms with Crippen LogP contribution in [0.3, 0.4) is 0 Å². The highest BCUT2D eigenvalue weighted by molar-refractivity contribution is 6.30. The van der Waals surface area contributed by atoms with Crippen LogP contribution in [0.15, 0.2) is 83.5 Å². The second-order valence-corrected chi connectivity index (χ2v) is 9.01. The summed E-state index contributed by atoms with van der Waals surface area (Å²) in [7, 11) is 0. The molecule has 5 rings (SSSR count). The van der Waals surface area contributed by atoms with Crippen molar-refractivity contribution in [3.63, 3.8) is 0 Å². The Morgan fingerprint density at radius 2 is 1.89 bits per heavy atom. The highest BCUT2D eigenvalue weighted by atomic mass is 35.5. The van der Waals surface area contributed by atoms with E-state index in [0.717, 1.165) is 49.9 Å². The smallest absolute Gasteiger partial charge is 0.248 e. The van der Waals surface area contributed by atoms with Gasteiger partial charge in [0.2, 0.25) is 5.91 Å². The molecule has 2 heterocycles. The number of pyridine rings is 1. The van der Waals surface area contributed by atoms with Gasteiger partial charge in [0.25, 0.3) is 0 Å². The van der Waals surface area contributed by atoms with Crippen molar-refractivity contribution in [2.45, 2.75) is 20.8 Å². The summed E-state index contributed by atoms with van der Waals surface area (Å²) in [5.74, 6) is 0.432. The highest BCUT2D eigenvalue weighted by Gasteiger charge is 2.16. The number of furan rings is 1. The van der Waals surface area contributed by atoms with Gasteiger partial charge in [0, 0.05) is 44.8 Å². The van der Waals surface area contributed by atoms with Crippen LogP contribution in [0.25, 0.3) is 38.6 Å². The van der Waals surface area contributed by atoms with Gasteiger partial charge in [-0.15, -0.1) is 0 Å². The van der Waals surface area contributed by atoms with Gasteiger partial charge in [-0.3, -0.25) is 9.78 Å². The number of anilines is 1. The Kier molecular flexibility index (Phi) is 6.49. The number of nitrogens with one attached hydrogen (secondary N) is 1. The van der Waals surface area contributed by atoms with E-state index in [2.05, 4.69) is 10.3 Å². The molecule has 0 aliphatic rings. The van der Waals surface area contributed by atoms with Gasteiger partial charge in [0.1, 0.15) is 11.3 Å². The number of benzene rings is 3. The summed E-state index contributed by atoms with van der Waals surface area (Å²) < 4.78 is 11.8.